The fourth-order valence-electron chi connectivity index (χ4n) is 2.99. The summed E-state index contributed by atoms with van der Waals surface area (Å²) in [6.45, 7) is 0.627. The van der Waals surface area contributed by atoms with Crippen LogP contribution in [-0.4, -0.2) is 28.8 Å². The summed E-state index contributed by atoms with van der Waals surface area (Å²) in [5.74, 6) is 0.764. The van der Waals surface area contributed by atoms with Gasteiger partial charge in [0.05, 0.1) is 5.69 Å². The maximum atomic E-state index is 12.3. The Morgan fingerprint density at radius 2 is 2.21 bits per heavy atom. The smallest absolute Gasteiger partial charge is 0.236 e. The molecule has 0 saturated carbocycles. The van der Waals surface area contributed by atoms with Crippen molar-refractivity contribution in [1.29, 1.82) is 0 Å². The van der Waals surface area contributed by atoms with Crippen LogP contribution in [0.2, 0.25) is 0 Å². The first kappa shape index (κ1) is 12.0. The number of hydrogen-bond donors (Lipinski definition) is 0. The number of carbonyl (C=O) groups excluding carboxylic acids is 1. The molecular formula is C12H16N6O. The van der Waals surface area contributed by atoms with Crippen LogP contribution in [0.1, 0.15) is 30.5 Å². The van der Waals surface area contributed by atoms with Gasteiger partial charge in [-0.1, -0.05) is 5.11 Å². The van der Waals surface area contributed by atoms with Gasteiger partial charge in [0.25, 0.3) is 0 Å². The molecule has 1 unspecified atom stereocenters. The summed E-state index contributed by atoms with van der Waals surface area (Å²) in [6.07, 6.45) is 4.81. The number of likely N-dealkylation sites (N-methyl/N-ethyl adjacent to an activating group) is 1. The summed E-state index contributed by atoms with van der Waals surface area (Å²) in [6, 6.07) is -0.615. The third-order valence-electron chi connectivity index (χ3n) is 3.93. The molecule has 0 radical (unpaired) electrons. The van der Waals surface area contributed by atoms with Crippen molar-refractivity contribution in [1.82, 2.24) is 9.78 Å². The molecule has 0 N–H and O–H groups in total. The van der Waals surface area contributed by atoms with Crippen LogP contribution in [0.5, 0.6) is 0 Å². The summed E-state index contributed by atoms with van der Waals surface area (Å²) >= 11 is 0. The first-order chi connectivity index (χ1) is 9.22. The number of nitrogens with zero attached hydrogens (tertiary/aromatic N) is 6. The molecule has 7 heteroatoms. The second-order valence-corrected chi connectivity index (χ2v) is 5.09. The summed E-state index contributed by atoms with van der Waals surface area (Å²) in [5, 5.41) is 8.22. The predicted octanol–water partition coefficient (Wildman–Crippen LogP) is 1.81. The molecule has 100 valence electrons. The van der Waals surface area contributed by atoms with Crippen LogP contribution in [0.25, 0.3) is 10.4 Å². The maximum Gasteiger partial charge on any atom is 0.236 e. The third-order valence-corrected chi connectivity index (χ3v) is 3.93. The van der Waals surface area contributed by atoms with Crippen LogP contribution >= 0.6 is 0 Å². The summed E-state index contributed by atoms with van der Waals surface area (Å²) in [5.41, 5.74) is 10.9. The fraction of sp³-hybridized carbons (Fsp3) is 0.667. The van der Waals surface area contributed by atoms with Gasteiger partial charge in [-0.3, -0.25) is 9.69 Å². The molecule has 2 aliphatic rings. The minimum absolute atomic E-state index is 0.134. The average Bonchev–Trinajstić information content (AvgIpc) is 2.75. The quantitative estimate of drug-likeness (QED) is 0.438. The molecule has 0 spiro atoms. The summed E-state index contributed by atoms with van der Waals surface area (Å²) in [4.78, 5) is 16.7. The lowest BCUT2D eigenvalue weighted by molar-refractivity contribution is -0.119. The number of anilines is 1. The van der Waals surface area contributed by atoms with Crippen LogP contribution in [0.3, 0.4) is 0 Å². The van der Waals surface area contributed by atoms with E-state index in [-0.39, 0.29) is 5.91 Å². The standard InChI is InChI=1S/C12H16N6O/c1-17-11-8-4-2-3-5-9(8)15-18(11)7-6-10(12(17)19)14-16-13/h10H,2-7H2,1H3. The SMILES string of the molecule is CN1C(=O)C(N=[N+]=[N-])CCn2nc3c(c21)CCCC3. The number of aromatic nitrogens is 2. The number of rotatable bonds is 1. The van der Waals surface area contributed by atoms with Gasteiger partial charge in [0.2, 0.25) is 5.91 Å². The number of hydrogen-bond acceptors (Lipinski definition) is 3. The highest BCUT2D eigenvalue weighted by atomic mass is 16.2. The van der Waals surface area contributed by atoms with E-state index in [1.807, 2.05) is 4.68 Å². The minimum atomic E-state index is -0.615. The summed E-state index contributed by atoms with van der Waals surface area (Å²) in [7, 11) is 1.75. The van der Waals surface area contributed by atoms with E-state index in [1.54, 1.807) is 11.9 Å². The Morgan fingerprint density at radius 3 is 3.00 bits per heavy atom. The van der Waals surface area contributed by atoms with E-state index in [1.165, 1.54) is 12.0 Å². The van der Waals surface area contributed by atoms with Crippen LogP contribution in [0.15, 0.2) is 5.11 Å². The van der Waals surface area contributed by atoms with Crippen molar-refractivity contribution in [2.24, 2.45) is 5.11 Å². The molecule has 1 amide bonds. The van der Waals surface area contributed by atoms with Crippen molar-refractivity contribution >= 4 is 11.7 Å². The van der Waals surface area contributed by atoms with Gasteiger partial charge in [-0.2, -0.15) is 5.10 Å². The van der Waals surface area contributed by atoms with Crippen molar-refractivity contribution in [2.75, 3.05) is 11.9 Å². The Bertz CT molecular complexity index is 571. The number of aryl methyl sites for hydroxylation is 2. The monoisotopic (exact) mass is 260 g/mol. The minimum Gasteiger partial charge on any atom is -0.300 e. The molecule has 3 rings (SSSR count). The van der Waals surface area contributed by atoms with Crippen LogP contribution < -0.4 is 4.90 Å². The van der Waals surface area contributed by atoms with Gasteiger partial charge in [0, 0.05) is 24.1 Å². The predicted molar refractivity (Wildman–Crippen MR) is 69.8 cm³/mol. The molecule has 1 aliphatic heterocycles. The second kappa shape index (κ2) is 4.59. The van der Waals surface area contributed by atoms with E-state index in [0.717, 1.165) is 30.8 Å². The Labute approximate surface area is 110 Å². The van der Waals surface area contributed by atoms with Gasteiger partial charge >= 0.3 is 0 Å². The highest BCUT2D eigenvalue weighted by Gasteiger charge is 2.32. The van der Waals surface area contributed by atoms with E-state index in [9.17, 15) is 4.79 Å². The molecule has 2 heterocycles. The molecule has 0 aromatic carbocycles. The zero-order valence-electron chi connectivity index (χ0n) is 10.9. The topological polar surface area (TPSA) is 86.9 Å². The molecule has 7 nitrogen and oxygen atoms in total. The largest absolute Gasteiger partial charge is 0.300 e. The van der Waals surface area contributed by atoms with Crippen molar-refractivity contribution in [3.63, 3.8) is 0 Å². The molecule has 19 heavy (non-hydrogen) atoms. The highest BCUT2D eigenvalue weighted by molar-refractivity contribution is 5.97. The van der Waals surface area contributed by atoms with Crippen LogP contribution in [-0.2, 0) is 24.2 Å². The zero-order chi connectivity index (χ0) is 13.4. The van der Waals surface area contributed by atoms with Gasteiger partial charge in [-0.25, -0.2) is 4.68 Å². The van der Waals surface area contributed by atoms with Crippen molar-refractivity contribution < 1.29 is 4.79 Å². The molecule has 1 aromatic rings. The number of carbonyl (C=O) groups is 1. The summed E-state index contributed by atoms with van der Waals surface area (Å²) < 4.78 is 1.90. The van der Waals surface area contributed by atoms with Gasteiger partial charge in [-0.05, 0) is 37.6 Å². The molecule has 1 aliphatic carbocycles. The highest BCUT2D eigenvalue weighted by Crippen LogP contribution is 2.32. The first-order valence-corrected chi connectivity index (χ1v) is 6.62. The first-order valence-electron chi connectivity index (χ1n) is 6.62. The third kappa shape index (κ3) is 1.86. The number of amides is 1. The molecule has 0 saturated heterocycles. The molecule has 0 fully saturated rings. The van der Waals surface area contributed by atoms with Gasteiger partial charge in [0.1, 0.15) is 11.9 Å². The van der Waals surface area contributed by atoms with Crippen molar-refractivity contribution in [2.45, 2.75) is 44.7 Å². The van der Waals surface area contributed by atoms with E-state index in [0.29, 0.717) is 13.0 Å². The normalized spacial score (nSPS) is 22.3. The van der Waals surface area contributed by atoms with Crippen molar-refractivity contribution in [3.05, 3.63) is 21.7 Å². The fourth-order valence-corrected chi connectivity index (χ4v) is 2.99. The number of azide groups is 1. The van der Waals surface area contributed by atoms with Crippen LogP contribution in [0.4, 0.5) is 5.82 Å². The van der Waals surface area contributed by atoms with Gasteiger partial charge in [-0.15, -0.1) is 0 Å². The van der Waals surface area contributed by atoms with Gasteiger partial charge < -0.3 is 0 Å². The van der Waals surface area contributed by atoms with E-state index >= 15 is 0 Å². The Morgan fingerprint density at radius 1 is 1.42 bits per heavy atom. The maximum absolute atomic E-state index is 12.3. The van der Waals surface area contributed by atoms with Crippen LogP contribution in [0, 0.1) is 0 Å². The van der Waals surface area contributed by atoms with E-state index in [2.05, 4.69) is 15.1 Å². The lowest BCUT2D eigenvalue weighted by Crippen LogP contribution is -2.34. The number of fused-ring (bicyclic) bond motifs is 3. The Hall–Kier alpha value is -2.01. The molecule has 0 bridgehead atoms. The van der Waals surface area contributed by atoms with E-state index < -0.39 is 6.04 Å². The molecular weight excluding hydrogens is 244 g/mol. The lowest BCUT2D eigenvalue weighted by atomic mass is 9.97. The second-order valence-electron chi connectivity index (χ2n) is 5.09. The lowest BCUT2D eigenvalue weighted by Gasteiger charge is -2.20. The van der Waals surface area contributed by atoms with E-state index in [4.69, 9.17) is 5.53 Å². The van der Waals surface area contributed by atoms with Gasteiger partial charge in [0.15, 0.2) is 0 Å². The molecule has 1 atom stereocenters. The molecule has 1 aromatic heterocycles. The zero-order valence-corrected chi connectivity index (χ0v) is 10.9. The Kier molecular flexibility index (Phi) is 2.91. The van der Waals surface area contributed by atoms with Crippen molar-refractivity contribution in [3.8, 4) is 0 Å². The average molecular weight is 260 g/mol. The Balaban J connectivity index is 2.04.